The van der Waals surface area contributed by atoms with Crippen molar-refractivity contribution in [1.29, 1.82) is 0 Å². The predicted octanol–water partition coefficient (Wildman–Crippen LogP) is 4.32. The highest BCUT2D eigenvalue weighted by atomic mass is 19.4. The number of methoxy groups -OCH3 is 2. The molecule has 8 nitrogen and oxygen atoms in total. The highest BCUT2D eigenvalue weighted by molar-refractivity contribution is 5.94. The van der Waals surface area contributed by atoms with Gasteiger partial charge in [-0.25, -0.2) is 4.98 Å². The first-order valence-corrected chi connectivity index (χ1v) is 9.52. The van der Waals surface area contributed by atoms with Crippen LogP contribution in [0, 0.1) is 0 Å². The Labute approximate surface area is 186 Å². The number of aliphatic carboxylic acids is 1. The summed E-state index contributed by atoms with van der Waals surface area (Å²) in [6, 6.07) is 11.0. The molecule has 0 unspecified atom stereocenters. The fourth-order valence-corrected chi connectivity index (χ4v) is 3.20. The van der Waals surface area contributed by atoms with Gasteiger partial charge in [-0.15, -0.1) is 0 Å². The molecule has 0 fully saturated rings. The minimum atomic E-state index is -5.01. The van der Waals surface area contributed by atoms with E-state index in [1.54, 1.807) is 24.3 Å². The lowest BCUT2D eigenvalue weighted by Gasteiger charge is -2.21. The minimum absolute atomic E-state index is 0.132. The van der Waals surface area contributed by atoms with Crippen LogP contribution in [0.15, 0.2) is 52.9 Å². The number of rotatable bonds is 8. The molecule has 0 saturated heterocycles. The van der Waals surface area contributed by atoms with Crippen LogP contribution < -0.4 is 14.8 Å². The molecule has 0 aliphatic heterocycles. The summed E-state index contributed by atoms with van der Waals surface area (Å²) in [5, 5.41) is 11.6. The number of para-hydroxylation sites is 1. The summed E-state index contributed by atoms with van der Waals surface area (Å²) < 4.78 is 56.1. The molecule has 0 radical (unpaired) electrons. The van der Waals surface area contributed by atoms with E-state index in [1.165, 1.54) is 38.5 Å². The number of halogens is 3. The number of amides is 1. The van der Waals surface area contributed by atoms with E-state index in [0.717, 1.165) is 0 Å². The second-order valence-corrected chi connectivity index (χ2v) is 6.77. The fraction of sp³-hybridized carbons (Fsp3) is 0.227. The van der Waals surface area contributed by atoms with Crippen LogP contribution in [-0.4, -0.2) is 36.2 Å². The van der Waals surface area contributed by atoms with Gasteiger partial charge in [-0.05, 0) is 18.2 Å². The number of ether oxygens (including phenoxy) is 2. The average molecular weight is 464 g/mol. The summed E-state index contributed by atoms with van der Waals surface area (Å²) in [4.78, 5) is 28.1. The summed E-state index contributed by atoms with van der Waals surface area (Å²) in [7, 11) is 2.68. The number of hydrogen-bond donors (Lipinski definition) is 2. The number of carbonyl (C=O) groups excluding carboxylic acids is 1. The van der Waals surface area contributed by atoms with Crippen molar-refractivity contribution in [3.8, 4) is 23.0 Å². The van der Waals surface area contributed by atoms with Crippen molar-refractivity contribution in [3.63, 3.8) is 0 Å². The third-order valence-corrected chi connectivity index (χ3v) is 4.61. The molecule has 3 rings (SSSR count). The number of hydrogen-bond acceptors (Lipinski definition) is 6. The Hall–Kier alpha value is -4.02. The molecular weight excluding hydrogens is 445 g/mol. The molecular formula is C22H19F3N2O6. The number of carboxylic acids is 1. The van der Waals surface area contributed by atoms with Gasteiger partial charge in [0.1, 0.15) is 0 Å². The highest BCUT2D eigenvalue weighted by Crippen LogP contribution is 2.38. The van der Waals surface area contributed by atoms with Crippen molar-refractivity contribution < 1.29 is 41.8 Å². The second-order valence-electron chi connectivity index (χ2n) is 6.77. The molecule has 0 bridgehead atoms. The monoisotopic (exact) mass is 464 g/mol. The van der Waals surface area contributed by atoms with Crippen LogP contribution in [0.1, 0.15) is 34.3 Å². The normalized spacial score (nSPS) is 12.2. The van der Waals surface area contributed by atoms with E-state index in [-0.39, 0.29) is 22.6 Å². The lowest BCUT2D eigenvalue weighted by Crippen LogP contribution is -2.32. The van der Waals surface area contributed by atoms with Crippen LogP contribution in [-0.2, 0) is 11.0 Å². The van der Waals surface area contributed by atoms with Gasteiger partial charge in [-0.2, -0.15) is 13.2 Å². The van der Waals surface area contributed by atoms with Crippen molar-refractivity contribution in [1.82, 2.24) is 10.3 Å². The van der Waals surface area contributed by atoms with Gasteiger partial charge >= 0.3 is 12.1 Å². The van der Waals surface area contributed by atoms with Crippen molar-refractivity contribution >= 4 is 11.9 Å². The molecule has 0 spiro atoms. The Morgan fingerprint density at radius 3 is 2.36 bits per heavy atom. The largest absolute Gasteiger partial charge is 0.493 e. The number of oxazole rings is 1. The second kappa shape index (κ2) is 9.63. The molecule has 3 aromatic rings. The van der Waals surface area contributed by atoms with Gasteiger partial charge in [0.15, 0.2) is 17.2 Å². The van der Waals surface area contributed by atoms with Crippen molar-refractivity contribution in [2.24, 2.45) is 0 Å². The van der Waals surface area contributed by atoms with E-state index in [1.807, 2.05) is 0 Å². The Balaban J connectivity index is 2.03. The van der Waals surface area contributed by atoms with Gasteiger partial charge < -0.3 is 24.3 Å². The number of carbonyl (C=O) groups is 2. The maximum Gasteiger partial charge on any atom is 0.452 e. The Morgan fingerprint density at radius 2 is 1.79 bits per heavy atom. The smallest absolute Gasteiger partial charge is 0.452 e. The van der Waals surface area contributed by atoms with Crippen molar-refractivity contribution in [2.45, 2.75) is 18.6 Å². The molecule has 1 amide bonds. The summed E-state index contributed by atoms with van der Waals surface area (Å²) in [6.45, 7) is 0. The molecule has 1 heterocycles. The van der Waals surface area contributed by atoms with Crippen LogP contribution in [0.25, 0.3) is 11.5 Å². The van der Waals surface area contributed by atoms with Crippen LogP contribution in [0.5, 0.6) is 11.5 Å². The van der Waals surface area contributed by atoms with E-state index in [0.29, 0.717) is 0 Å². The summed E-state index contributed by atoms with van der Waals surface area (Å²) in [5.74, 6) is -4.17. The first-order valence-electron chi connectivity index (χ1n) is 9.52. The van der Waals surface area contributed by atoms with E-state index in [2.05, 4.69) is 10.3 Å². The first-order chi connectivity index (χ1) is 15.7. The van der Waals surface area contributed by atoms with Crippen LogP contribution >= 0.6 is 0 Å². The zero-order valence-corrected chi connectivity index (χ0v) is 17.5. The Morgan fingerprint density at radius 1 is 1.09 bits per heavy atom. The number of nitrogens with one attached hydrogen (secondary N) is 1. The average Bonchev–Trinajstić information content (AvgIpc) is 3.24. The van der Waals surface area contributed by atoms with E-state index >= 15 is 0 Å². The SMILES string of the molecule is COc1cccc([C@H](CC(=O)O)NC(=O)c2nc(-c3ccccc3)oc2C(F)(F)F)c1OC. The molecule has 174 valence electrons. The Bertz CT molecular complexity index is 1140. The zero-order chi connectivity index (χ0) is 24.2. The van der Waals surface area contributed by atoms with E-state index in [4.69, 9.17) is 13.9 Å². The quantitative estimate of drug-likeness (QED) is 0.511. The first kappa shape index (κ1) is 23.6. The molecule has 2 aromatic carbocycles. The van der Waals surface area contributed by atoms with Crippen LogP contribution in [0.4, 0.5) is 13.2 Å². The van der Waals surface area contributed by atoms with Gasteiger partial charge in [-0.1, -0.05) is 30.3 Å². The third-order valence-electron chi connectivity index (χ3n) is 4.61. The van der Waals surface area contributed by atoms with Gasteiger partial charge in [0.05, 0.1) is 26.7 Å². The van der Waals surface area contributed by atoms with E-state index in [9.17, 15) is 27.9 Å². The molecule has 0 saturated carbocycles. The van der Waals surface area contributed by atoms with Gasteiger partial charge in [-0.3, -0.25) is 9.59 Å². The molecule has 1 atom stereocenters. The lowest BCUT2D eigenvalue weighted by atomic mass is 10.0. The minimum Gasteiger partial charge on any atom is -0.493 e. The fourth-order valence-electron chi connectivity index (χ4n) is 3.20. The Kier molecular flexibility index (Phi) is 6.90. The number of carboxylic acid groups (broad SMARTS) is 1. The highest BCUT2D eigenvalue weighted by Gasteiger charge is 2.42. The third kappa shape index (κ3) is 5.25. The van der Waals surface area contributed by atoms with Crippen molar-refractivity contribution in [2.75, 3.05) is 14.2 Å². The topological polar surface area (TPSA) is 111 Å². The van der Waals surface area contributed by atoms with Gasteiger partial charge in [0.25, 0.3) is 5.91 Å². The molecule has 2 N–H and O–H groups in total. The molecule has 0 aliphatic rings. The van der Waals surface area contributed by atoms with Crippen molar-refractivity contribution in [3.05, 3.63) is 65.5 Å². The summed E-state index contributed by atoms with van der Waals surface area (Å²) >= 11 is 0. The maximum absolute atomic E-state index is 13.6. The molecule has 33 heavy (non-hydrogen) atoms. The number of aromatic nitrogens is 1. The maximum atomic E-state index is 13.6. The number of nitrogens with zero attached hydrogens (tertiary/aromatic N) is 1. The van der Waals surface area contributed by atoms with Gasteiger partial charge in [0, 0.05) is 11.1 Å². The van der Waals surface area contributed by atoms with E-state index < -0.39 is 47.9 Å². The van der Waals surface area contributed by atoms with Crippen LogP contribution in [0.3, 0.4) is 0 Å². The van der Waals surface area contributed by atoms with Gasteiger partial charge in [0.2, 0.25) is 11.7 Å². The number of benzene rings is 2. The molecule has 0 aliphatic carbocycles. The van der Waals surface area contributed by atoms with Crippen LogP contribution in [0.2, 0.25) is 0 Å². The number of alkyl halides is 3. The standard InChI is InChI=1S/C22H19F3N2O6/c1-31-15-10-6-9-13(18(15)32-2)14(11-16(28)29)26-20(30)17-19(22(23,24)25)33-21(27-17)12-7-4-3-5-8-12/h3-10,14H,11H2,1-2H3,(H,26,30)(H,28,29)/t14-/m0/s1. The molecule has 11 heteroatoms. The summed E-state index contributed by atoms with van der Waals surface area (Å²) in [6.07, 6.45) is -5.65. The lowest BCUT2D eigenvalue weighted by molar-refractivity contribution is -0.153. The predicted molar refractivity (Wildman–Crippen MR) is 109 cm³/mol. The molecule has 1 aromatic heterocycles. The zero-order valence-electron chi connectivity index (χ0n) is 17.5. The summed E-state index contributed by atoms with van der Waals surface area (Å²) in [5.41, 5.74) is -0.579.